The molecule has 4 heterocycles. The Hall–Kier alpha value is -3.63. The second-order valence-corrected chi connectivity index (χ2v) is 10.3. The Bertz CT molecular complexity index is 1160. The van der Waals surface area contributed by atoms with Gasteiger partial charge in [0.1, 0.15) is 16.9 Å². The molecule has 1 atom stereocenters. The lowest BCUT2D eigenvalue weighted by Gasteiger charge is -2.50. The number of hydrogen-bond acceptors (Lipinski definition) is 7. The largest absolute Gasteiger partial charge is 0.487 e. The molecule has 2 spiro atoms. The van der Waals surface area contributed by atoms with E-state index in [2.05, 4.69) is 51.5 Å². The zero-order valence-electron chi connectivity index (χ0n) is 21.2. The monoisotopic (exact) mass is 523 g/mol. The highest BCUT2D eigenvalue weighted by molar-refractivity contribution is 6.27. The lowest BCUT2D eigenvalue weighted by molar-refractivity contribution is -0.159. The number of aliphatic carboxylic acids is 2. The molecular formula is C28H33N3O7. The molecule has 6 rings (SSSR count). The molecule has 1 amide bonds. The molecule has 3 saturated heterocycles. The van der Waals surface area contributed by atoms with Crippen LogP contribution in [0.4, 0.5) is 5.69 Å². The summed E-state index contributed by atoms with van der Waals surface area (Å²) in [6, 6.07) is 19.2. The zero-order valence-corrected chi connectivity index (χ0v) is 21.2. The van der Waals surface area contributed by atoms with Crippen LogP contribution in [-0.2, 0) is 19.1 Å². The summed E-state index contributed by atoms with van der Waals surface area (Å²) in [4.78, 5) is 36.1. The summed E-state index contributed by atoms with van der Waals surface area (Å²) in [5.74, 6) is -2.45. The third-order valence-electron chi connectivity index (χ3n) is 8.23. The van der Waals surface area contributed by atoms with Gasteiger partial charge in [0.25, 0.3) is 0 Å². The van der Waals surface area contributed by atoms with Gasteiger partial charge in [0.15, 0.2) is 0 Å². The Balaban J connectivity index is 0.000000443. The van der Waals surface area contributed by atoms with E-state index in [9.17, 15) is 4.79 Å². The van der Waals surface area contributed by atoms with Crippen LogP contribution in [-0.4, -0.2) is 77.1 Å². The lowest BCUT2D eigenvalue weighted by Crippen LogP contribution is -2.58. The van der Waals surface area contributed by atoms with Crippen molar-refractivity contribution in [2.75, 3.05) is 37.9 Å². The van der Waals surface area contributed by atoms with E-state index in [0.29, 0.717) is 12.7 Å². The van der Waals surface area contributed by atoms with Crippen molar-refractivity contribution in [3.05, 3.63) is 60.2 Å². The molecule has 1 unspecified atom stereocenters. The van der Waals surface area contributed by atoms with Crippen molar-refractivity contribution >= 4 is 23.5 Å². The standard InChI is InChI=1S/C26H31N3O3.C2H2O4/c30-24-26(29(19-27-24)20-6-2-1-3-7-20)10-14-28(15-11-26)22-18-25(12-16-31-17-13-25)32-23-9-5-4-8-21(22)23;3-1(4)2(5)6/h1-9,22H,10-19H2,(H,27,30);(H,3,4)(H,5,6). The summed E-state index contributed by atoms with van der Waals surface area (Å²) in [5, 5.41) is 17.9. The SMILES string of the molecule is O=C(O)C(=O)O.O=C1NCN(c2ccccc2)C12CCN(C1CC3(CCOCC3)Oc3ccccc31)CC2. The number of amides is 1. The number of fused-ring (bicyclic) bond motifs is 1. The number of ether oxygens (including phenoxy) is 2. The maximum atomic E-state index is 13.1. The molecule has 3 N–H and O–H groups in total. The normalized spacial score (nSPS) is 23.5. The highest BCUT2D eigenvalue weighted by Gasteiger charge is 2.52. The number of benzene rings is 2. The van der Waals surface area contributed by atoms with Gasteiger partial charge in [-0.25, -0.2) is 9.59 Å². The van der Waals surface area contributed by atoms with Crippen molar-refractivity contribution in [1.82, 2.24) is 10.2 Å². The van der Waals surface area contributed by atoms with E-state index >= 15 is 0 Å². The number of piperidine rings is 1. The number of nitrogens with one attached hydrogen (secondary N) is 1. The highest BCUT2D eigenvalue weighted by atomic mass is 16.5. The predicted octanol–water partition coefficient (Wildman–Crippen LogP) is 2.64. The number of hydrogen-bond donors (Lipinski definition) is 3. The van der Waals surface area contributed by atoms with Gasteiger partial charge in [-0.3, -0.25) is 9.69 Å². The van der Waals surface area contributed by atoms with Crippen LogP contribution in [0.15, 0.2) is 54.6 Å². The fraction of sp³-hybridized carbons (Fsp3) is 0.464. The van der Waals surface area contributed by atoms with Crippen molar-refractivity contribution in [2.24, 2.45) is 0 Å². The molecular weight excluding hydrogens is 490 g/mol. The van der Waals surface area contributed by atoms with Crippen molar-refractivity contribution in [3.8, 4) is 5.75 Å². The Kier molecular flexibility index (Phi) is 7.27. The van der Waals surface area contributed by atoms with Crippen molar-refractivity contribution in [1.29, 1.82) is 0 Å². The minimum absolute atomic E-state index is 0.132. The third-order valence-corrected chi connectivity index (χ3v) is 8.23. The lowest BCUT2D eigenvalue weighted by atomic mass is 9.79. The molecule has 0 radical (unpaired) electrons. The van der Waals surface area contributed by atoms with E-state index < -0.39 is 17.5 Å². The molecule has 10 nitrogen and oxygen atoms in total. The first kappa shape index (κ1) is 26.0. The van der Waals surface area contributed by atoms with E-state index in [4.69, 9.17) is 29.3 Å². The second kappa shape index (κ2) is 10.6. The Labute approximate surface area is 221 Å². The number of carboxylic acids is 2. The third kappa shape index (κ3) is 4.93. The van der Waals surface area contributed by atoms with Crippen molar-refractivity contribution in [3.63, 3.8) is 0 Å². The first-order chi connectivity index (χ1) is 18.3. The average molecular weight is 524 g/mol. The van der Waals surface area contributed by atoms with Gasteiger partial charge >= 0.3 is 11.9 Å². The summed E-state index contributed by atoms with van der Waals surface area (Å²) in [5.41, 5.74) is 1.83. The molecule has 202 valence electrons. The van der Waals surface area contributed by atoms with Gasteiger partial charge in [0, 0.05) is 49.6 Å². The number of rotatable bonds is 2. The average Bonchev–Trinajstić information content (AvgIpc) is 3.25. The summed E-state index contributed by atoms with van der Waals surface area (Å²) < 4.78 is 12.2. The molecule has 2 aromatic carbocycles. The Morgan fingerprint density at radius 3 is 2.18 bits per heavy atom. The van der Waals surface area contributed by atoms with Crippen LogP contribution in [0, 0.1) is 0 Å². The maximum absolute atomic E-state index is 13.1. The van der Waals surface area contributed by atoms with Crippen LogP contribution in [0.25, 0.3) is 0 Å². The van der Waals surface area contributed by atoms with Crippen LogP contribution in [0.5, 0.6) is 5.75 Å². The number of nitrogens with zero attached hydrogens (tertiary/aromatic N) is 2. The summed E-state index contributed by atoms with van der Waals surface area (Å²) in [6.45, 7) is 3.94. The van der Waals surface area contributed by atoms with Crippen LogP contribution in [0.1, 0.15) is 43.7 Å². The molecule has 2 aromatic rings. The van der Waals surface area contributed by atoms with Gasteiger partial charge in [-0.05, 0) is 31.0 Å². The number of likely N-dealkylation sites (tertiary alicyclic amines) is 1. The topological polar surface area (TPSA) is 129 Å². The van der Waals surface area contributed by atoms with Gasteiger partial charge < -0.3 is 29.9 Å². The Morgan fingerprint density at radius 1 is 0.895 bits per heavy atom. The summed E-state index contributed by atoms with van der Waals surface area (Å²) in [7, 11) is 0. The molecule has 0 aromatic heterocycles. The molecule has 3 fully saturated rings. The fourth-order valence-corrected chi connectivity index (χ4v) is 6.20. The number of carbonyl (C=O) groups excluding carboxylic acids is 1. The minimum atomic E-state index is -1.82. The maximum Gasteiger partial charge on any atom is 0.414 e. The number of anilines is 1. The smallest absolute Gasteiger partial charge is 0.414 e. The van der Waals surface area contributed by atoms with Crippen LogP contribution in [0.2, 0.25) is 0 Å². The zero-order chi connectivity index (χ0) is 26.8. The molecule has 0 saturated carbocycles. The number of carbonyl (C=O) groups is 3. The van der Waals surface area contributed by atoms with Crippen molar-refractivity contribution in [2.45, 2.75) is 49.3 Å². The summed E-state index contributed by atoms with van der Waals surface area (Å²) >= 11 is 0. The molecule has 4 aliphatic heterocycles. The molecule has 0 aliphatic carbocycles. The summed E-state index contributed by atoms with van der Waals surface area (Å²) in [6.07, 6.45) is 4.56. The van der Waals surface area contributed by atoms with Gasteiger partial charge in [-0.1, -0.05) is 36.4 Å². The predicted molar refractivity (Wildman–Crippen MR) is 138 cm³/mol. The fourth-order valence-electron chi connectivity index (χ4n) is 6.20. The van der Waals surface area contributed by atoms with Crippen LogP contribution >= 0.6 is 0 Å². The van der Waals surface area contributed by atoms with Crippen molar-refractivity contribution < 1.29 is 34.1 Å². The number of carboxylic acid groups (broad SMARTS) is 2. The van der Waals surface area contributed by atoms with Gasteiger partial charge in [0.2, 0.25) is 5.91 Å². The van der Waals surface area contributed by atoms with E-state index in [1.54, 1.807) is 0 Å². The molecule has 4 aliphatic rings. The van der Waals surface area contributed by atoms with Gasteiger partial charge in [0.05, 0.1) is 19.9 Å². The van der Waals surface area contributed by atoms with E-state index in [1.165, 1.54) is 5.56 Å². The number of para-hydroxylation sites is 2. The Morgan fingerprint density at radius 2 is 1.53 bits per heavy atom. The van der Waals surface area contributed by atoms with E-state index in [0.717, 1.165) is 69.8 Å². The first-order valence-electron chi connectivity index (χ1n) is 13.0. The van der Waals surface area contributed by atoms with Crippen LogP contribution in [0.3, 0.4) is 0 Å². The van der Waals surface area contributed by atoms with Crippen LogP contribution < -0.4 is 15.0 Å². The minimum Gasteiger partial charge on any atom is -0.487 e. The van der Waals surface area contributed by atoms with Gasteiger partial charge in [-0.15, -0.1) is 0 Å². The van der Waals surface area contributed by atoms with E-state index in [1.807, 2.05) is 18.2 Å². The van der Waals surface area contributed by atoms with Gasteiger partial charge in [-0.2, -0.15) is 0 Å². The second-order valence-electron chi connectivity index (χ2n) is 10.3. The molecule has 10 heteroatoms. The molecule has 0 bridgehead atoms. The first-order valence-corrected chi connectivity index (χ1v) is 13.0. The van der Waals surface area contributed by atoms with E-state index in [-0.39, 0.29) is 11.5 Å². The highest BCUT2D eigenvalue weighted by Crippen LogP contribution is 2.48. The molecule has 38 heavy (non-hydrogen) atoms. The quantitative estimate of drug-likeness (QED) is 0.509.